The van der Waals surface area contributed by atoms with E-state index in [1.165, 1.54) is 6.07 Å². The third-order valence-electron chi connectivity index (χ3n) is 6.73. The predicted molar refractivity (Wildman–Crippen MR) is 126 cm³/mol. The summed E-state index contributed by atoms with van der Waals surface area (Å²) in [6.45, 7) is 0.330. The van der Waals surface area contributed by atoms with Crippen LogP contribution in [-0.2, 0) is 18.3 Å². The van der Waals surface area contributed by atoms with E-state index in [9.17, 15) is 9.18 Å². The second-order valence-electron chi connectivity index (χ2n) is 9.00. The minimum Gasteiger partial charge on any atom is -0.492 e. The van der Waals surface area contributed by atoms with Crippen molar-refractivity contribution in [2.24, 2.45) is 7.05 Å². The summed E-state index contributed by atoms with van der Waals surface area (Å²) in [4.78, 5) is 15.5. The van der Waals surface area contributed by atoms with E-state index in [1.807, 2.05) is 35.9 Å². The Hall–Kier alpha value is -4.07. The molecule has 2 unspecified atom stereocenters. The molecular formula is C27H23FN2O5. The molecule has 1 aliphatic heterocycles. The number of fused-ring (bicyclic) bond motifs is 3. The van der Waals surface area contributed by atoms with Gasteiger partial charge >= 0.3 is 5.97 Å². The Bertz CT molecular complexity index is 1460. The van der Waals surface area contributed by atoms with Gasteiger partial charge < -0.3 is 23.9 Å². The van der Waals surface area contributed by atoms with Crippen molar-refractivity contribution in [2.75, 3.05) is 6.61 Å². The highest BCUT2D eigenvalue weighted by molar-refractivity contribution is 5.77. The number of aryl methyl sites for hydroxylation is 1. The Balaban J connectivity index is 1.24. The molecule has 35 heavy (non-hydrogen) atoms. The minimum absolute atomic E-state index is 0.0183. The molecule has 0 saturated carbocycles. The van der Waals surface area contributed by atoms with Crippen molar-refractivity contribution in [3.8, 4) is 23.0 Å². The second-order valence-corrected chi connectivity index (χ2v) is 9.00. The molecule has 2 aliphatic rings. The van der Waals surface area contributed by atoms with Gasteiger partial charge in [0.2, 0.25) is 0 Å². The molecule has 1 aliphatic carbocycles. The summed E-state index contributed by atoms with van der Waals surface area (Å²) in [6, 6.07) is 14.2. The summed E-state index contributed by atoms with van der Waals surface area (Å²) >= 11 is 0. The van der Waals surface area contributed by atoms with Crippen LogP contribution in [0, 0.1) is 5.82 Å². The molecule has 0 bridgehead atoms. The van der Waals surface area contributed by atoms with Crippen LogP contribution in [0.25, 0.3) is 11.0 Å². The van der Waals surface area contributed by atoms with E-state index in [4.69, 9.17) is 19.3 Å². The fraction of sp³-hybridized carbons (Fsp3) is 0.259. The Kier molecular flexibility index (Phi) is 5.09. The molecule has 0 fully saturated rings. The number of carboxylic acids is 1. The first-order chi connectivity index (χ1) is 17.0. The summed E-state index contributed by atoms with van der Waals surface area (Å²) in [5.41, 5.74) is 4.00. The molecule has 0 radical (unpaired) electrons. The molecule has 0 saturated heterocycles. The third-order valence-corrected chi connectivity index (χ3v) is 6.73. The average Bonchev–Trinajstić information content (AvgIpc) is 3.54. The predicted octanol–water partition coefficient (Wildman–Crippen LogP) is 5.52. The molecule has 178 valence electrons. The lowest BCUT2D eigenvalue weighted by molar-refractivity contribution is -0.137. The molecule has 3 aromatic carbocycles. The maximum absolute atomic E-state index is 14.9. The van der Waals surface area contributed by atoms with E-state index >= 15 is 0 Å². The Labute approximate surface area is 200 Å². The van der Waals surface area contributed by atoms with E-state index in [-0.39, 0.29) is 18.2 Å². The number of hydrogen-bond donors (Lipinski definition) is 1. The summed E-state index contributed by atoms with van der Waals surface area (Å²) in [7, 11) is 1.93. The van der Waals surface area contributed by atoms with Gasteiger partial charge in [-0.25, -0.2) is 9.37 Å². The molecule has 6 rings (SSSR count). The van der Waals surface area contributed by atoms with Gasteiger partial charge in [-0.1, -0.05) is 6.07 Å². The van der Waals surface area contributed by atoms with Gasteiger partial charge in [0, 0.05) is 41.8 Å². The van der Waals surface area contributed by atoms with Crippen LogP contribution in [0.5, 0.6) is 23.0 Å². The van der Waals surface area contributed by atoms with Crippen molar-refractivity contribution in [3.05, 3.63) is 77.4 Å². The number of benzene rings is 3. The third kappa shape index (κ3) is 3.84. The molecule has 2 atom stereocenters. The van der Waals surface area contributed by atoms with E-state index in [2.05, 4.69) is 4.98 Å². The zero-order chi connectivity index (χ0) is 24.1. The normalized spacial score (nSPS) is 18.2. The zero-order valence-corrected chi connectivity index (χ0v) is 19.0. The number of carbonyl (C=O) groups is 1. The fourth-order valence-electron chi connectivity index (χ4n) is 5.04. The van der Waals surface area contributed by atoms with Crippen LogP contribution in [0.1, 0.15) is 41.6 Å². The molecule has 1 aromatic heterocycles. The van der Waals surface area contributed by atoms with Crippen LogP contribution in [0.15, 0.2) is 54.9 Å². The van der Waals surface area contributed by atoms with Crippen molar-refractivity contribution in [1.29, 1.82) is 0 Å². The van der Waals surface area contributed by atoms with Gasteiger partial charge in [0.1, 0.15) is 34.9 Å². The number of ether oxygens (including phenoxy) is 3. The molecule has 0 spiro atoms. The Morgan fingerprint density at radius 1 is 1.20 bits per heavy atom. The highest BCUT2D eigenvalue weighted by atomic mass is 19.1. The van der Waals surface area contributed by atoms with Crippen LogP contribution in [-0.4, -0.2) is 27.2 Å². The smallest absolute Gasteiger partial charge is 0.304 e. The molecule has 4 aromatic rings. The van der Waals surface area contributed by atoms with Gasteiger partial charge in [-0.2, -0.15) is 0 Å². The average molecular weight is 474 g/mol. The molecular weight excluding hydrogens is 451 g/mol. The number of halogens is 1. The number of aromatic nitrogens is 2. The Morgan fingerprint density at radius 2 is 2.06 bits per heavy atom. The van der Waals surface area contributed by atoms with Crippen LogP contribution in [0.4, 0.5) is 4.39 Å². The van der Waals surface area contributed by atoms with Gasteiger partial charge in [-0.05, 0) is 43.2 Å². The number of nitrogens with zero attached hydrogens (tertiary/aromatic N) is 2. The maximum Gasteiger partial charge on any atom is 0.304 e. The summed E-state index contributed by atoms with van der Waals surface area (Å²) in [6.07, 6.45) is 2.56. The van der Waals surface area contributed by atoms with Crippen molar-refractivity contribution in [3.63, 3.8) is 0 Å². The molecule has 1 N–H and O–H groups in total. The van der Waals surface area contributed by atoms with Gasteiger partial charge in [-0.15, -0.1) is 0 Å². The number of carboxylic acid groups (broad SMARTS) is 1. The van der Waals surface area contributed by atoms with E-state index < -0.39 is 12.1 Å². The SMILES string of the molecule is Cn1cnc2cc(Oc3ccc(F)c4c3CCC4Oc3ccc4c(c3)OCC4CC(=O)O)ccc21. The first kappa shape index (κ1) is 21.5. The molecule has 7 nitrogen and oxygen atoms in total. The summed E-state index contributed by atoms with van der Waals surface area (Å²) in [5, 5.41) is 9.10. The van der Waals surface area contributed by atoms with E-state index in [1.54, 1.807) is 24.5 Å². The van der Waals surface area contributed by atoms with Crippen molar-refractivity contribution < 1.29 is 28.5 Å². The monoisotopic (exact) mass is 474 g/mol. The highest BCUT2D eigenvalue weighted by Gasteiger charge is 2.32. The van der Waals surface area contributed by atoms with Gasteiger partial charge in [0.25, 0.3) is 0 Å². The van der Waals surface area contributed by atoms with Gasteiger partial charge in [0.15, 0.2) is 0 Å². The topological polar surface area (TPSA) is 82.8 Å². The Morgan fingerprint density at radius 3 is 2.91 bits per heavy atom. The lowest BCUT2D eigenvalue weighted by Gasteiger charge is -2.17. The zero-order valence-electron chi connectivity index (χ0n) is 19.0. The first-order valence-electron chi connectivity index (χ1n) is 11.5. The standard InChI is InChI=1S/C27H23FN2O5/c1-30-14-29-21-11-16(3-7-22(21)30)34-23-9-6-20(28)27-19(23)5-8-24(27)35-17-2-4-18-15(10-26(31)32)13-33-25(18)12-17/h2-4,6-7,9,11-12,14-15,24H,5,8,10,13H2,1H3,(H,31,32). The van der Waals surface area contributed by atoms with E-state index in [0.717, 1.165) is 22.2 Å². The lowest BCUT2D eigenvalue weighted by atomic mass is 9.98. The maximum atomic E-state index is 14.9. The van der Waals surface area contributed by atoms with Crippen LogP contribution >= 0.6 is 0 Å². The van der Waals surface area contributed by atoms with Crippen LogP contribution in [0.3, 0.4) is 0 Å². The summed E-state index contributed by atoms with van der Waals surface area (Å²) < 4.78 is 34.9. The van der Waals surface area contributed by atoms with Gasteiger partial charge in [-0.3, -0.25) is 4.79 Å². The van der Waals surface area contributed by atoms with Gasteiger partial charge in [0.05, 0.1) is 30.4 Å². The molecule has 2 heterocycles. The first-order valence-corrected chi connectivity index (χ1v) is 11.5. The summed E-state index contributed by atoms with van der Waals surface area (Å²) in [5.74, 6) is 1.07. The van der Waals surface area contributed by atoms with Crippen LogP contribution < -0.4 is 14.2 Å². The largest absolute Gasteiger partial charge is 0.492 e. The lowest BCUT2D eigenvalue weighted by Crippen LogP contribution is -2.07. The number of aliphatic carboxylic acids is 1. The van der Waals surface area contributed by atoms with Crippen molar-refractivity contribution in [1.82, 2.24) is 9.55 Å². The van der Waals surface area contributed by atoms with Crippen molar-refractivity contribution >= 4 is 17.0 Å². The highest BCUT2D eigenvalue weighted by Crippen LogP contribution is 2.44. The minimum atomic E-state index is -0.859. The number of hydrogen-bond acceptors (Lipinski definition) is 5. The quantitative estimate of drug-likeness (QED) is 0.396. The van der Waals surface area contributed by atoms with Crippen LogP contribution in [0.2, 0.25) is 0 Å². The fourth-order valence-corrected chi connectivity index (χ4v) is 5.04. The van der Waals surface area contributed by atoms with Crippen molar-refractivity contribution in [2.45, 2.75) is 31.3 Å². The second kappa shape index (κ2) is 8.30. The molecule has 0 amide bonds. The number of rotatable bonds is 6. The number of imidazole rings is 1. The van der Waals surface area contributed by atoms with E-state index in [0.29, 0.717) is 48.0 Å². The molecule has 8 heteroatoms.